The lowest BCUT2D eigenvalue weighted by Gasteiger charge is -2.56. The lowest BCUT2D eigenvalue weighted by atomic mass is 9.69. The SMILES string of the molecule is CCC1CC(C)C2(NC1=O)OC(CC(O)C(C)CCC=CC=C(C)C1CC=CC=CC(O)C(C)C(O)C(C)C(=O)NC(C(C)C)C(=O)NC(Cc3cccc(O)c3)C(=O)N3CCCC(N3)C(=O)O1)C(C)C(O)C2C. The first kappa shape index (κ1) is 60.0. The van der Waals surface area contributed by atoms with Crippen LogP contribution in [0.4, 0.5) is 0 Å². The summed E-state index contributed by atoms with van der Waals surface area (Å²) in [4.78, 5) is 69.1. The molecule has 0 aromatic heterocycles. The van der Waals surface area contributed by atoms with Gasteiger partial charge < -0.3 is 51.0 Å². The van der Waals surface area contributed by atoms with Crippen molar-refractivity contribution in [3.8, 4) is 5.75 Å². The number of benzene rings is 1. The van der Waals surface area contributed by atoms with Gasteiger partial charge in [0.15, 0.2) is 0 Å². The Kier molecular flexibility index (Phi) is 22.1. The number of allylic oxidation sites excluding steroid dienone is 5. The van der Waals surface area contributed by atoms with Gasteiger partial charge in [0.25, 0.3) is 5.91 Å². The fourth-order valence-corrected chi connectivity index (χ4v) is 10.8. The first-order valence-electron chi connectivity index (χ1n) is 27.0. The van der Waals surface area contributed by atoms with Crippen molar-refractivity contribution in [1.82, 2.24) is 26.4 Å². The highest BCUT2D eigenvalue weighted by Gasteiger charge is 2.57. The summed E-state index contributed by atoms with van der Waals surface area (Å²) in [7, 11) is 0. The normalized spacial score (nSPS) is 35.4. The lowest BCUT2D eigenvalue weighted by Crippen LogP contribution is -2.71. The summed E-state index contributed by atoms with van der Waals surface area (Å²) < 4.78 is 12.9. The average Bonchev–Trinajstić information content (AvgIpc) is 3.37. The van der Waals surface area contributed by atoms with Gasteiger partial charge in [0.2, 0.25) is 17.7 Å². The molecular weight excluding hydrogens is 947 g/mol. The fraction of sp³-hybridized carbons (Fsp3) is 0.667. The van der Waals surface area contributed by atoms with Gasteiger partial charge in [-0.05, 0) is 80.6 Å². The number of hydrogen-bond acceptors (Lipinski definition) is 13. The Labute approximate surface area is 438 Å². The quantitative estimate of drug-likeness (QED) is 0.0982. The topological polar surface area (TPSA) is 256 Å². The molecule has 74 heavy (non-hydrogen) atoms. The molecule has 0 saturated carbocycles. The smallest absolute Gasteiger partial charge is 0.325 e. The number of nitrogens with zero attached hydrogens (tertiary/aromatic N) is 1. The first-order valence-corrected chi connectivity index (χ1v) is 27.0. The molecule has 17 atom stereocenters. The summed E-state index contributed by atoms with van der Waals surface area (Å²) in [5, 5.41) is 65.4. The molecule has 1 spiro atoms. The molecule has 17 nitrogen and oxygen atoms in total. The summed E-state index contributed by atoms with van der Waals surface area (Å²) in [5.41, 5.74) is 3.33. The van der Waals surface area contributed by atoms with Gasteiger partial charge in [-0.1, -0.05) is 117 Å². The maximum absolute atomic E-state index is 14.4. The van der Waals surface area contributed by atoms with E-state index in [4.69, 9.17) is 9.47 Å². The van der Waals surface area contributed by atoms with Crippen LogP contribution < -0.4 is 21.4 Å². The average molecular weight is 1030 g/mol. The molecule has 3 saturated heterocycles. The highest BCUT2D eigenvalue weighted by atomic mass is 16.5. The molecule has 412 valence electrons. The molecule has 4 heterocycles. The largest absolute Gasteiger partial charge is 0.508 e. The third-order valence-electron chi connectivity index (χ3n) is 16.3. The van der Waals surface area contributed by atoms with E-state index in [0.717, 1.165) is 12.0 Å². The molecule has 4 amide bonds. The monoisotopic (exact) mass is 1030 g/mol. The van der Waals surface area contributed by atoms with Crippen LogP contribution in [0, 0.1) is 47.3 Å². The second-order valence-electron chi connectivity index (χ2n) is 22.1. The van der Waals surface area contributed by atoms with E-state index in [1.54, 1.807) is 51.1 Å². The minimum atomic E-state index is -1.29. The molecular formula is C57H87N5O12. The molecule has 5 rings (SSSR count). The summed E-state index contributed by atoms with van der Waals surface area (Å²) >= 11 is 0. The highest BCUT2D eigenvalue weighted by Crippen LogP contribution is 2.46. The van der Waals surface area contributed by atoms with Crippen molar-refractivity contribution >= 4 is 29.6 Å². The number of carbonyl (C=O) groups is 5. The molecule has 0 aliphatic carbocycles. The van der Waals surface area contributed by atoms with Crippen LogP contribution in [0.15, 0.2) is 72.4 Å². The van der Waals surface area contributed by atoms with E-state index >= 15 is 0 Å². The number of phenolic OH excluding ortho intramolecular Hbond substituents is 1. The standard InChI is InChI=1S/C57H87N5O12/c1-11-41-28-35(6)57(60-53(41)69)39(10)51(67)37(8)48(74-57)31-46(65)33(4)20-14-12-15-21-34(5)47-26-17-13-16-25-45(64)36(7)50(66)38(9)52(68)59-49(32(2)3)54(70)58-44(30-40-22-18-23-42(63)29-40)55(71)62-27-19-24-43(61-62)56(72)73-47/h12-13,15-18,21-23,25,29,32-33,35-39,41,43-51,61,63-67H,11,14,19-20,24,26-28,30-31H2,1-10H3,(H,58,70)(H,59,68)(H,60,69). The number of carbonyl (C=O) groups excluding carboxylic acids is 5. The minimum absolute atomic E-state index is 0.0168. The van der Waals surface area contributed by atoms with Crippen molar-refractivity contribution in [3.05, 3.63) is 77.9 Å². The molecule has 0 radical (unpaired) electrons. The van der Waals surface area contributed by atoms with Crippen molar-refractivity contribution in [3.63, 3.8) is 0 Å². The third kappa shape index (κ3) is 15.1. The number of nitrogens with one attached hydrogen (secondary N) is 4. The Morgan fingerprint density at radius 3 is 2.36 bits per heavy atom. The number of aliphatic hydroxyl groups is 4. The van der Waals surface area contributed by atoms with Crippen LogP contribution in [-0.2, 0) is 39.9 Å². The number of phenols is 1. The number of cyclic esters (lactones) is 1. The Hall–Kier alpha value is -4.91. The number of hydrazine groups is 1. The van der Waals surface area contributed by atoms with Crippen LogP contribution in [0.5, 0.6) is 5.75 Å². The second kappa shape index (κ2) is 27.2. The third-order valence-corrected chi connectivity index (χ3v) is 16.3. The summed E-state index contributed by atoms with van der Waals surface area (Å²) in [6.07, 6.45) is 11.3. The van der Waals surface area contributed by atoms with Crippen molar-refractivity contribution in [1.29, 1.82) is 0 Å². The number of piperidine rings is 1. The van der Waals surface area contributed by atoms with Crippen LogP contribution in [0.1, 0.15) is 126 Å². The highest BCUT2D eigenvalue weighted by molar-refractivity contribution is 5.93. The van der Waals surface area contributed by atoms with Gasteiger partial charge in [-0.3, -0.25) is 29.0 Å². The van der Waals surface area contributed by atoms with Crippen LogP contribution in [-0.4, -0.2) is 127 Å². The number of amides is 4. The Balaban J connectivity index is 1.31. The number of aromatic hydroxyl groups is 1. The number of fused-ring (bicyclic) bond motifs is 2. The van der Waals surface area contributed by atoms with Gasteiger partial charge in [0.1, 0.15) is 35.7 Å². The van der Waals surface area contributed by atoms with E-state index in [2.05, 4.69) is 28.3 Å². The predicted molar refractivity (Wildman–Crippen MR) is 281 cm³/mol. The van der Waals surface area contributed by atoms with E-state index in [0.29, 0.717) is 44.1 Å². The Morgan fingerprint density at radius 2 is 1.68 bits per heavy atom. The van der Waals surface area contributed by atoms with Crippen LogP contribution in [0.2, 0.25) is 0 Å². The zero-order valence-electron chi connectivity index (χ0n) is 45.3. The van der Waals surface area contributed by atoms with E-state index < -0.39 is 102 Å². The molecule has 4 aliphatic heterocycles. The number of aliphatic hydroxyl groups excluding tert-OH is 4. The predicted octanol–water partition coefficient (Wildman–Crippen LogP) is 5.06. The Morgan fingerprint density at radius 1 is 0.946 bits per heavy atom. The number of rotatable bonds is 12. The van der Waals surface area contributed by atoms with Crippen molar-refractivity contribution in [2.45, 2.75) is 187 Å². The zero-order valence-corrected chi connectivity index (χ0v) is 45.3. The van der Waals surface area contributed by atoms with E-state index in [-0.39, 0.29) is 60.6 Å². The molecule has 17 heteroatoms. The van der Waals surface area contributed by atoms with Crippen LogP contribution in [0.3, 0.4) is 0 Å². The zero-order chi connectivity index (χ0) is 54.6. The minimum Gasteiger partial charge on any atom is -0.508 e. The van der Waals surface area contributed by atoms with Crippen LogP contribution >= 0.6 is 0 Å². The Bertz CT molecular complexity index is 2200. The summed E-state index contributed by atoms with van der Waals surface area (Å²) in [5.74, 6) is -5.49. The molecule has 1 aromatic rings. The molecule has 2 bridgehead atoms. The van der Waals surface area contributed by atoms with Gasteiger partial charge in [0.05, 0.1) is 36.4 Å². The molecule has 1 aromatic carbocycles. The molecule has 3 fully saturated rings. The van der Waals surface area contributed by atoms with Gasteiger partial charge in [-0.15, -0.1) is 0 Å². The molecule has 17 unspecified atom stereocenters. The second-order valence-corrected chi connectivity index (χ2v) is 22.1. The number of ether oxygens (including phenoxy) is 2. The van der Waals surface area contributed by atoms with Crippen LogP contribution in [0.25, 0.3) is 0 Å². The number of hydrogen-bond donors (Lipinski definition) is 9. The van der Waals surface area contributed by atoms with E-state index in [9.17, 15) is 49.5 Å². The van der Waals surface area contributed by atoms with Crippen molar-refractivity contribution in [2.24, 2.45) is 47.3 Å². The fourth-order valence-electron chi connectivity index (χ4n) is 10.8. The van der Waals surface area contributed by atoms with E-state index in [1.165, 1.54) is 30.1 Å². The molecule has 4 aliphatic rings. The maximum Gasteiger partial charge on any atom is 0.325 e. The first-order chi connectivity index (χ1) is 35.0. The lowest BCUT2D eigenvalue weighted by molar-refractivity contribution is -0.267. The van der Waals surface area contributed by atoms with Gasteiger partial charge in [-0.25, -0.2) is 5.43 Å². The molecule has 9 N–H and O–H groups in total. The van der Waals surface area contributed by atoms with E-state index in [1.807, 2.05) is 52.8 Å². The summed E-state index contributed by atoms with van der Waals surface area (Å²) in [6.45, 7) is 18.6. The number of esters is 1. The maximum atomic E-state index is 14.4. The van der Waals surface area contributed by atoms with Crippen molar-refractivity contribution < 1.29 is 59.0 Å². The van der Waals surface area contributed by atoms with Gasteiger partial charge >= 0.3 is 5.97 Å². The van der Waals surface area contributed by atoms with Crippen molar-refractivity contribution in [2.75, 3.05) is 6.54 Å². The van der Waals surface area contributed by atoms with Gasteiger partial charge in [0, 0.05) is 55.4 Å². The van der Waals surface area contributed by atoms with Gasteiger partial charge in [-0.2, -0.15) is 0 Å². The summed E-state index contributed by atoms with van der Waals surface area (Å²) in [6, 6.07) is 3.13.